The van der Waals surface area contributed by atoms with Crippen LogP contribution in [-0.4, -0.2) is 32.8 Å². The summed E-state index contributed by atoms with van der Waals surface area (Å²) in [7, 11) is 4.91. The van der Waals surface area contributed by atoms with Crippen molar-refractivity contribution in [3.8, 4) is 23.4 Å². The van der Waals surface area contributed by atoms with Gasteiger partial charge in [0.05, 0.1) is 27.4 Å². The Morgan fingerprint density at radius 1 is 0.958 bits per heavy atom. The summed E-state index contributed by atoms with van der Waals surface area (Å²) in [5.74, 6) is 2.26. The van der Waals surface area contributed by atoms with Gasteiger partial charge in [-0.05, 0) is 47.4 Å². The van der Waals surface area contributed by atoms with Crippen molar-refractivity contribution in [1.82, 2.24) is 4.90 Å². The molecule has 3 rings (SSSR count). The summed E-state index contributed by atoms with van der Waals surface area (Å²) in [6, 6.07) is 11.6. The molecule has 0 spiro atoms. The van der Waals surface area contributed by atoms with Crippen LogP contribution in [0.3, 0.4) is 0 Å². The van der Waals surface area contributed by atoms with Gasteiger partial charge in [-0.25, -0.2) is 0 Å². The Hall–Kier alpha value is -2.87. The number of methoxy groups -OCH3 is 3. The predicted octanol–water partition coefficient (Wildman–Crippen LogP) is 3.14. The summed E-state index contributed by atoms with van der Waals surface area (Å²) in [6.45, 7) is 0.668. The van der Waals surface area contributed by atoms with Crippen molar-refractivity contribution in [1.29, 1.82) is 5.26 Å². The van der Waals surface area contributed by atoms with Crippen molar-refractivity contribution < 1.29 is 14.2 Å². The summed E-state index contributed by atoms with van der Waals surface area (Å²) in [5, 5.41) is 9.59. The lowest BCUT2D eigenvalue weighted by Gasteiger charge is -2.34. The average Bonchev–Trinajstić information content (AvgIpc) is 2.65. The molecule has 0 aliphatic carbocycles. The van der Waals surface area contributed by atoms with Crippen LogP contribution in [0, 0.1) is 11.5 Å². The van der Waals surface area contributed by atoms with Gasteiger partial charge in [-0.1, -0.05) is 6.07 Å². The largest absolute Gasteiger partial charge is 0.497 e. The minimum atomic E-state index is -0.159. The van der Waals surface area contributed by atoms with Crippen LogP contribution in [0.5, 0.6) is 17.2 Å². The van der Waals surface area contributed by atoms with Gasteiger partial charge in [-0.2, -0.15) is 5.26 Å². The molecule has 0 aromatic heterocycles. The molecule has 1 aliphatic rings. The van der Waals surface area contributed by atoms with E-state index in [0.29, 0.717) is 18.0 Å². The van der Waals surface area contributed by atoms with E-state index in [1.165, 1.54) is 5.56 Å². The minimum Gasteiger partial charge on any atom is -0.497 e. The first kappa shape index (κ1) is 16.0. The summed E-state index contributed by atoms with van der Waals surface area (Å²) in [5.41, 5.74) is 3.28. The maximum atomic E-state index is 9.59. The molecular formula is C19H20N2O3. The van der Waals surface area contributed by atoms with Crippen molar-refractivity contribution in [2.24, 2.45) is 0 Å². The maximum absolute atomic E-state index is 9.59. The van der Waals surface area contributed by atoms with Crippen molar-refractivity contribution in [2.75, 3.05) is 27.9 Å². The van der Waals surface area contributed by atoms with Crippen LogP contribution in [0.1, 0.15) is 22.7 Å². The molecule has 0 fully saturated rings. The van der Waals surface area contributed by atoms with Gasteiger partial charge in [0.25, 0.3) is 0 Å². The quantitative estimate of drug-likeness (QED) is 0.809. The standard InChI is InChI=1S/C19H20N2O3/c1-22-15-4-5-18-13(8-15)6-7-21(12-20)19(18)14-9-16(23-2)11-17(10-14)24-3/h4-5,8-11,19H,6-7H2,1-3H3. The third-order valence-electron chi connectivity index (χ3n) is 4.40. The number of fused-ring (bicyclic) bond motifs is 1. The highest BCUT2D eigenvalue weighted by Gasteiger charge is 2.29. The van der Waals surface area contributed by atoms with Gasteiger partial charge < -0.3 is 14.2 Å². The van der Waals surface area contributed by atoms with Gasteiger partial charge in [0.1, 0.15) is 17.2 Å². The fourth-order valence-electron chi connectivity index (χ4n) is 3.18. The topological polar surface area (TPSA) is 54.7 Å². The molecule has 1 heterocycles. The lowest BCUT2D eigenvalue weighted by atomic mass is 9.88. The second kappa shape index (κ2) is 6.71. The van der Waals surface area contributed by atoms with E-state index in [-0.39, 0.29) is 6.04 Å². The smallest absolute Gasteiger partial charge is 0.180 e. The van der Waals surface area contributed by atoms with Gasteiger partial charge in [0.2, 0.25) is 0 Å². The van der Waals surface area contributed by atoms with E-state index in [2.05, 4.69) is 12.3 Å². The van der Waals surface area contributed by atoms with Gasteiger partial charge in [0, 0.05) is 12.6 Å². The molecule has 0 N–H and O–H groups in total. The lowest BCUT2D eigenvalue weighted by molar-refractivity contribution is 0.311. The second-order valence-corrected chi connectivity index (χ2v) is 5.66. The van der Waals surface area contributed by atoms with E-state index in [4.69, 9.17) is 14.2 Å². The summed E-state index contributed by atoms with van der Waals surface area (Å²) >= 11 is 0. The highest BCUT2D eigenvalue weighted by atomic mass is 16.5. The van der Waals surface area contributed by atoms with Crippen molar-refractivity contribution in [3.63, 3.8) is 0 Å². The van der Waals surface area contributed by atoms with Gasteiger partial charge in [0.15, 0.2) is 6.19 Å². The van der Waals surface area contributed by atoms with Crippen LogP contribution in [0.15, 0.2) is 36.4 Å². The summed E-state index contributed by atoms with van der Waals surface area (Å²) < 4.78 is 16.1. The number of rotatable bonds is 4. The molecule has 1 aliphatic heterocycles. The lowest BCUT2D eigenvalue weighted by Crippen LogP contribution is -2.32. The molecule has 0 saturated heterocycles. The fraction of sp³-hybridized carbons (Fsp3) is 0.316. The molecule has 5 nitrogen and oxygen atoms in total. The van der Waals surface area contributed by atoms with Gasteiger partial charge in [-0.3, -0.25) is 4.90 Å². The Morgan fingerprint density at radius 2 is 1.62 bits per heavy atom. The molecule has 0 amide bonds. The predicted molar refractivity (Wildman–Crippen MR) is 90.4 cm³/mol. The first-order valence-electron chi connectivity index (χ1n) is 7.76. The van der Waals surface area contributed by atoms with Crippen LogP contribution >= 0.6 is 0 Å². The Balaban J connectivity index is 2.13. The Kier molecular flexibility index (Phi) is 4.48. The highest BCUT2D eigenvalue weighted by Crippen LogP contribution is 2.38. The molecule has 5 heteroatoms. The molecule has 24 heavy (non-hydrogen) atoms. The average molecular weight is 324 g/mol. The molecule has 1 unspecified atom stereocenters. The van der Waals surface area contributed by atoms with E-state index < -0.39 is 0 Å². The van der Waals surface area contributed by atoms with Crippen LogP contribution in [0.2, 0.25) is 0 Å². The molecule has 0 saturated carbocycles. The molecule has 2 aromatic rings. The summed E-state index contributed by atoms with van der Waals surface area (Å²) in [6.07, 6.45) is 3.13. The van der Waals surface area contributed by atoms with Crippen molar-refractivity contribution in [2.45, 2.75) is 12.5 Å². The monoisotopic (exact) mass is 324 g/mol. The van der Waals surface area contributed by atoms with Gasteiger partial charge in [-0.15, -0.1) is 0 Å². The molecular weight excluding hydrogens is 304 g/mol. The van der Waals surface area contributed by atoms with E-state index in [9.17, 15) is 5.26 Å². The van der Waals surface area contributed by atoms with Gasteiger partial charge >= 0.3 is 0 Å². The molecule has 0 bridgehead atoms. The SMILES string of the molecule is COc1cc(OC)cc(C2c3ccc(OC)cc3CCN2C#N)c1. The van der Waals surface area contributed by atoms with E-state index >= 15 is 0 Å². The first-order valence-corrected chi connectivity index (χ1v) is 7.76. The molecule has 0 radical (unpaired) electrons. The Labute approximate surface area is 142 Å². The maximum Gasteiger partial charge on any atom is 0.180 e. The number of ether oxygens (including phenoxy) is 3. The van der Waals surface area contributed by atoms with Crippen LogP contribution < -0.4 is 14.2 Å². The highest BCUT2D eigenvalue weighted by molar-refractivity contribution is 5.48. The minimum absolute atomic E-state index is 0.159. The van der Waals surface area contributed by atoms with E-state index in [1.54, 1.807) is 26.2 Å². The third-order valence-corrected chi connectivity index (χ3v) is 4.40. The number of nitriles is 1. The number of benzene rings is 2. The van der Waals surface area contributed by atoms with Crippen molar-refractivity contribution in [3.05, 3.63) is 53.1 Å². The van der Waals surface area contributed by atoms with E-state index in [1.807, 2.05) is 30.3 Å². The Bertz CT molecular complexity index is 760. The second-order valence-electron chi connectivity index (χ2n) is 5.66. The molecule has 1 atom stereocenters. The molecule has 2 aromatic carbocycles. The fourth-order valence-corrected chi connectivity index (χ4v) is 3.18. The number of hydrogen-bond acceptors (Lipinski definition) is 5. The third kappa shape index (κ3) is 2.83. The van der Waals surface area contributed by atoms with Crippen molar-refractivity contribution >= 4 is 0 Å². The summed E-state index contributed by atoms with van der Waals surface area (Å²) in [4.78, 5) is 1.79. The van der Waals surface area contributed by atoms with Crippen LogP contribution in [0.25, 0.3) is 0 Å². The number of hydrogen-bond donors (Lipinski definition) is 0. The Morgan fingerprint density at radius 3 is 2.21 bits per heavy atom. The zero-order valence-corrected chi connectivity index (χ0v) is 14.1. The molecule has 124 valence electrons. The van der Waals surface area contributed by atoms with Crippen LogP contribution in [-0.2, 0) is 6.42 Å². The normalized spacial score (nSPS) is 16.1. The number of nitrogens with zero attached hydrogens (tertiary/aromatic N) is 2. The zero-order valence-electron chi connectivity index (χ0n) is 14.1. The van der Waals surface area contributed by atoms with E-state index in [0.717, 1.165) is 23.3 Å². The van der Waals surface area contributed by atoms with Crippen LogP contribution in [0.4, 0.5) is 0 Å². The first-order chi connectivity index (χ1) is 11.7. The zero-order chi connectivity index (χ0) is 17.1.